The van der Waals surface area contributed by atoms with Gasteiger partial charge < -0.3 is 19.3 Å². The second-order valence-electron chi connectivity index (χ2n) is 11.1. The van der Waals surface area contributed by atoms with Crippen LogP contribution < -0.4 is 19.6 Å². The number of rotatable bonds is 8. The fourth-order valence-corrected chi connectivity index (χ4v) is 6.33. The summed E-state index contributed by atoms with van der Waals surface area (Å²) in [6.45, 7) is 13.7. The molecule has 3 heterocycles. The van der Waals surface area contributed by atoms with Crippen molar-refractivity contribution < 1.29 is 19.1 Å². The molecule has 43 heavy (non-hydrogen) atoms. The summed E-state index contributed by atoms with van der Waals surface area (Å²) < 4.78 is 13.4. The maximum atomic E-state index is 13.8. The van der Waals surface area contributed by atoms with Crippen molar-refractivity contribution in [3.05, 3.63) is 96.2 Å². The van der Waals surface area contributed by atoms with Crippen LogP contribution in [0.4, 0.5) is 0 Å². The predicted molar refractivity (Wildman–Crippen MR) is 167 cm³/mol. The zero-order valence-electron chi connectivity index (χ0n) is 25.3. The highest BCUT2D eigenvalue weighted by molar-refractivity contribution is 7.07. The summed E-state index contributed by atoms with van der Waals surface area (Å²) in [6, 6.07) is 14.5. The summed E-state index contributed by atoms with van der Waals surface area (Å²) in [4.78, 5) is 49.0. The van der Waals surface area contributed by atoms with Crippen molar-refractivity contribution in [1.82, 2.24) is 14.4 Å². The van der Waals surface area contributed by atoms with Crippen LogP contribution in [0, 0.1) is 6.92 Å². The van der Waals surface area contributed by atoms with Gasteiger partial charge in [0.1, 0.15) is 5.75 Å². The molecular weight excluding hydrogens is 564 g/mol. The van der Waals surface area contributed by atoms with Gasteiger partial charge in [-0.05, 0) is 63.6 Å². The number of amides is 1. The Hall–Kier alpha value is -4.02. The summed E-state index contributed by atoms with van der Waals surface area (Å²) in [5.74, 6) is 0.0897. The number of allylic oxidation sites excluding steroid dienone is 1. The first-order valence-electron chi connectivity index (χ1n) is 14.7. The van der Waals surface area contributed by atoms with E-state index in [4.69, 9.17) is 9.47 Å². The minimum absolute atomic E-state index is 0.00991. The number of aryl methyl sites for hydroxylation is 1. The van der Waals surface area contributed by atoms with E-state index in [-0.39, 0.29) is 24.2 Å². The number of aromatic nitrogens is 1. The number of carbonyl (C=O) groups excluding carboxylic acids is 2. The van der Waals surface area contributed by atoms with Gasteiger partial charge in [0, 0.05) is 26.2 Å². The Labute approximate surface area is 255 Å². The van der Waals surface area contributed by atoms with Gasteiger partial charge in [0.2, 0.25) is 0 Å². The number of nitrogens with zero attached hydrogens (tertiary/aromatic N) is 4. The predicted octanol–water partition coefficient (Wildman–Crippen LogP) is 3.04. The summed E-state index contributed by atoms with van der Waals surface area (Å²) in [5.41, 5.74) is 3.36. The first-order chi connectivity index (χ1) is 20.6. The average Bonchev–Trinajstić information content (AvgIpc) is 3.29. The fourth-order valence-electron chi connectivity index (χ4n) is 5.29. The lowest BCUT2D eigenvalue weighted by molar-refractivity contribution is -0.143. The quantitative estimate of drug-likeness (QED) is 0.368. The van der Waals surface area contributed by atoms with Gasteiger partial charge in [-0.1, -0.05) is 60.2 Å². The largest absolute Gasteiger partial charge is 0.484 e. The lowest BCUT2D eigenvalue weighted by atomic mass is 9.95. The third-order valence-electron chi connectivity index (χ3n) is 7.69. The molecule has 1 amide bonds. The summed E-state index contributed by atoms with van der Waals surface area (Å²) in [5, 5.41) is 0. The minimum Gasteiger partial charge on any atom is -0.484 e. The molecule has 0 bridgehead atoms. The van der Waals surface area contributed by atoms with Crippen LogP contribution in [0.5, 0.6) is 5.75 Å². The van der Waals surface area contributed by atoms with Crippen molar-refractivity contribution in [2.75, 3.05) is 39.3 Å². The van der Waals surface area contributed by atoms with E-state index in [2.05, 4.69) is 16.8 Å². The molecule has 1 fully saturated rings. The van der Waals surface area contributed by atoms with Crippen LogP contribution in [0.3, 0.4) is 0 Å². The minimum atomic E-state index is -0.650. The number of benzene rings is 2. The molecule has 1 aromatic heterocycles. The molecule has 2 aliphatic rings. The molecule has 9 nitrogen and oxygen atoms in total. The highest BCUT2D eigenvalue weighted by Gasteiger charge is 2.33. The average molecular weight is 603 g/mol. The van der Waals surface area contributed by atoms with Gasteiger partial charge in [-0.2, -0.15) is 0 Å². The Balaban J connectivity index is 1.39. The molecule has 2 aliphatic heterocycles. The molecule has 0 aliphatic carbocycles. The number of piperazine rings is 1. The number of hydrogen-bond acceptors (Lipinski definition) is 8. The molecule has 0 N–H and O–H groups in total. The van der Waals surface area contributed by atoms with Crippen molar-refractivity contribution in [3.8, 4) is 5.75 Å². The number of hydrogen-bond donors (Lipinski definition) is 0. The van der Waals surface area contributed by atoms with E-state index >= 15 is 0 Å². The van der Waals surface area contributed by atoms with Crippen molar-refractivity contribution in [2.24, 2.45) is 4.99 Å². The van der Waals surface area contributed by atoms with Gasteiger partial charge in [0.05, 0.1) is 27.9 Å². The molecule has 2 aromatic carbocycles. The maximum Gasteiger partial charge on any atom is 0.338 e. The van der Waals surface area contributed by atoms with Crippen molar-refractivity contribution in [3.63, 3.8) is 0 Å². The Morgan fingerprint density at radius 2 is 1.70 bits per heavy atom. The molecule has 1 saturated heterocycles. The van der Waals surface area contributed by atoms with Crippen molar-refractivity contribution in [1.29, 1.82) is 0 Å². The molecule has 0 saturated carbocycles. The topological polar surface area (TPSA) is 93.4 Å². The fraction of sp³-hybridized carbons (Fsp3) is 0.394. The number of carbonyl (C=O) groups is 2. The van der Waals surface area contributed by atoms with Crippen LogP contribution in [0.15, 0.2) is 69.6 Å². The number of fused-ring (bicyclic) bond motifs is 1. The lowest BCUT2D eigenvalue weighted by Gasteiger charge is -2.33. The molecule has 5 rings (SSSR count). The van der Waals surface area contributed by atoms with Crippen LogP contribution in [-0.4, -0.2) is 71.7 Å². The summed E-state index contributed by atoms with van der Waals surface area (Å²) >= 11 is 1.28. The van der Waals surface area contributed by atoms with E-state index in [1.54, 1.807) is 37.5 Å². The second kappa shape index (κ2) is 13.1. The van der Waals surface area contributed by atoms with Gasteiger partial charge in [-0.25, -0.2) is 9.79 Å². The van der Waals surface area contributed by atoms with Crippen molar-refractivity contribution >= 4 is 29.3 Å². The van der Waals surface area contributed by atoms with Crippen LogP contribution >= 0.6 is 11.3 Å². The van der Waals surface area contributed by atoms with Gasteiger partial charge >= 0.3 is 5.97 Å². The van der Waals surface area contributed by atoms with Crippen LogP contribution in [0.25, 0.3) is 6.08 Å². The first-order valence-corrected chi connectivity index (χ1v) is 15.5. The number of esters is 1. The molecule has 1 atom stereocenters. The van der Waals surface area contributed by atoms with E-state index in [0.29, 0.717) is 26.4 Å². The Bertz CT molecular complexity index is 1700. The summed E-state index contributed by atoms with van der Waals surface area (Å²) in [6.07, 6.45) is 1.50. The standard InChI is InChI=1S/C33H38N4O5S/c1-6-35-15-17-36(18-16-35)28(38)20-41-26-13-9-24(10-14-26)19-27-31(39)37-30(25-11-7-22(4)8-12-25)29(32(40)42-21(2)3)23(5)34-33(37)43-27/h7-14,19,21,30H,6,15-18,20H2,1-5H3/b27-19-. The number of likely N-dealkylation sites (N-methyl/N-ethyl adjacent to an activating group) is 1. The Morgan fingerprint density at radius 3 is 2.33 bits per heavy atom. The highest BCUT2D eigenvalue weighted by atomic mass is 32.1. The summed E-state index contributed by atoms with van der Waals surface area (Å²) in [7, 11) is 0. The van der Waals surface area contributed by atoms with Crippen LogP contribution in [0.1, 0.15) is 50.4 Å². The monoisotopic (exact) mass is 602 g/mol. The number of ether oxygens (including phenoxy) is 2. The molecule has 3 aromatic rings. The zero-order valence-corrected chi connectivity index (χ0v) is 26.1. The first kappa shape index (κ1) is 30.4. The number of thiazole rings is 1. The third kappa shape index (κ3) is 6.81. The molecule has 226 valence electrons. The van der Waals surface area contributed by atoms with Gasteiger partial charge in [0.15, 0.2) is 11.4 Å². The zero-order chi connectivity index (χ0) is 30.7. The SMILES string of the molecule is CCN1CCN(C(=O)COc2ccc(/C=c3\sc4n(c3=O)C(c3ccc(C)cc3)C(C(=O)OC(C)C)=C(C)N=4)cc2)CC1. The maximum absolute atomic E-state index is 13.8. The van der Waals surface area contributed by atoms with E-state index in [0.717, 1.165) is 49.4 Å². The normalized spacial score (nSPS) is 17.6. The lowest BCUT2D eigenvalue weighted by Crippen LogP contribution is -2.49. The van der Waals surface area contributed by atoms with Crippen molar-refractivity contribution in [2.45, 2.75) is 46.8 Å². The van der Waals surface area contributed by atoms with E-state index in [1.807, 2.05) is 54.3 Å². The van der Waals surface area contributed by atoms with Gasteiger partial charge in [0.25, 0.3) is 11.5 Å². The van der Waals surface area contributed by atoms with E-state index in [9.17, 15) is 14.4 Å². The molecule has 0 radical (unpaired) electrons. The van der Waals surface area contributed by atoms with Gasteiger partial charge in [-0.15, -0.1) is 0 Å². The molecule has 0 spiro atoms. The third-order valence-corrected chi connectivity index (χ3v) is 8.67. The smallest absolute Gasteiger partial charge is 0.338 e. The van der Waals surface area contributed by atoms with Crippen LogP contribution in [0.2, 0.25) is 0 Å². The highest BCUT2D eigenvalue weighted by Crippen LogP contribution is 2.31. The van der Waals surface area contributed by atoms with E-state index < -0.39 is 12.0 Å². The van der Waals surface area contributed by atoms with Gasteiger partial charge in [-0.3, -0.25) is 14.2 Å². The van der Waals surface area contributed by atoms with Crippen LogP contribution in [-0.2, 0) is 14.3 Å². The Kier molecular flexibility index (Phi) is 9.27. The molecular formula is C33H38N4O5S. The molecule has 10 heteroatoms. The molecule has 1 unspecified atom stereocenters. The Morgan fingerprint density at radius 1 is 1.02 bits per heavy atom. The second-order valence-corrected chi connectivity index (χ2v) is 12.1. The van der Waals surface area contributed by atoms with E-state index in [1.165, 1.54) is 11.3 Å².